The van der Waals surface area contributed by atoms with Gasteiger partial charge in [0.15, 0.2) is 0 Å². The van der Waals surface area contributed by atoms with Crippen molar-refractivity contribution in [2.75, 3.05) is 13.1 Å². The van der Waals surface area contributed by atoms with Crippen LogP contribution in [0.15, 0.2) is 48.5 Å². The number of carbonyl (C=O) groups is 1. The van der Waals surface area contributed by atoms with Crippen LogP contribution in [-0.4, -0.2) is 41.0 Å². The third kappa shape index (κ3) is 4.03. The molecular weight excluding hydrogens is 420 g/mol. The molecule has 0 aliphatic carbocycles. The van der Waals surface area contributed by atoms with E-state index in [-0.39, 0.29) is 24.1 Å². The molecule has 2 aliphatic heterocycles. The van der Waals surface area contributed by atoms with E-state index in [4.69, 9.17) is 16.3 Å². The number of hydrogen-bond donors (Lipinski definition) is 2. The zero-order valence-electron chi connectivity index (χ0n) is 16.4. The van der Waals surface area contributed by atoms with E-state index in [0.29, 0.717) is 23.3 Å². The quantitative estimate of drug-likeness (QED) is 0.641. The summed E-state index contributed by atoms with van der Waals surface area (Å²) in [6.45, 7) is 1.40. The molecule has 2 atom stereocenters. The van der Waals surface area contributed by atoms with E-state index in [1.165, 1.54) is 16.9 Å². The van der Waals surface area contributed by atoms with Gasteiger partial charge in [0.1, 0.15) is 17.7 Å². The van der Waals surface area contributed by atoms with Gasteiger partial charge in [-0.25, -0.2) is 15.8 Å². The molecular formula is C22H23ClN4O2S. The number of nitrogens with zero attached hydrogens (tertiary/aromatic N) is 2. The molecule has 0 spiro atoms. The number of para-hydroxylation sites is 1. The molecule has 2 aliphatic rings. The van der Waals surface area contributed by atoms with Crippen LogP contribution >= 0.6 is 22.9 Å². The number of amides is 1. The smallest absolute Gasteiger partial charge is 0.274 e. The summed E-state index contributed by atoms with van der Waals surface area (Å²) in [7, 11) is 0. The van der Waals surface area contributed by atoms with Crippen molar-refractivity contribution in [1.29, 1.82) is 0 Å². The predicted molar refractivity (Wildman–Crippen MR) is 119 cm³/mol. The summed E-state index contributed by atoms with van der Waals surface area (Å²) in [6.07, 6.45) is 2.43. The highest BCUT2D eigenvalue weighted by Gasteiger charge is 2.34. The molecule has 5 rings (SSSR count). The molecule has 1 amide bonds. The lowest BCUT2D eigenvalue weighted by atomic mass is 10.0. The fraction of sp³-hybridized carbons (Fsp3) is 0.364. The van der Waals surface area contributed by atoms with Gasteiger partial charge < -0.3 is 9.64 Å². The van der Waals surface area contributed by atoms with E-state index in [1.807, 2.05) is 41.3 Å². The van der Waals surface area contributed by atoms with Crippen molar-refractivity contribution >= 4 is 39.1 Å². The molecule has 8 heteroatoms. The van der Waals surface area contributed by atoms with Crippen molar-refractivity contribution in [3.8, 4) is 5.19 Å². The normalized spacial score (nSPS) is 22.5. The summed E-state index contributed by atoms with van der Waals surface area (Å²) in [6, 6.07) is 15.9. The standard InChI is InChI=1S/C22H23ClN4O2S/c23-16-7-4-8-19-20(16)24-22(30-19)29-15-9-11-27(12-10-15)21(28)18-13-17(25-26-18)14-5-2-1-3-6-14/h1-8,15,17-18,25-26H,9-13H2. The number of nitrogens with one attached hydrogen (secondary N) is 2. The second kappa shape index (κ2) is 8.51. The number of rotatable bonds is 4. The summed E-state index contributed by atoms with van der Waals surface area (Å²) in [5, 5.41) is 1.29. The SMILES string of the molecule is O=C(C1CC(c2ccccc2)NN1)N1CCC(Oc2nc3c(Cl)cccc3s2)CC1. The van der Waals surface area contributed by atoms with Gasteiger partial charge in [-0.2, -0.15) is 0 Å². The molecule has 0 radical (unpaired) electrons. The minimum Gasteiger partial charge on any atom is -0.467 e. The van der Waals surface area contributed by atoms with E-state index in [2.05, 4.69) is 28.0 Å². The Morgan fingerprint density at radius 3 is 2.67 bits per heavy atom. The number of carbonyl (C=O) groups excluding carboxylic acids is 1. The van der Waals surface area contributed by atoms with Gasteiger partial charge in [-0.15, -0.1) is 0 Å². The zero-order chi connectivity index (χ0) is 20.5. The fourth-order valence-electron chi connectivity index (χ4n) is 4.12. The summed E-state index contributed by atoms with van der Waals surface area (Å²) in [5.41, 5.74) is 8.43. The molecule has 2 N–H and O–H groups in total. The van der Waals surface area contributed by atoms with Crippen molar-refractivity contribution in [1.82, 2.24) is 20.7 Å². The van der Waals surface area contributed by atoms with Gasteiger partial charge in [0.05, 0.1) is 9.72 Å². The van der Waals surface area contributed by atoms with E-state index in [1.54, 1.807) is 0 Å². The summed E-state index contributed by atoms with van der Waals surface area (Å²) in [4.78, 5) is 19.4. The maximum absolute atomic E-state index is 13.0. The Hall–Kier alpha value is -2.19. The highest BCUT2D eigenvalue weighted by Crippen LogP contribution is 2.33. The average molecular weight is 443 g/mol. The second-order valence-electron chi connectivity index (χ2n) is 7.75. The van der Waals surface area contributed by atoms with Gasteiger partial charge in [-0.05, 0) is 24.1 Å². The van der Waals surface area contributed by atoms with Crippen LogP contribution in [0.5, 0.6) is 5.19 Å². The monoisotopic (exact) mass is 442 g/mol. The highest BCUT2D eigenvalue weighted by molar-refractivity contribution is 7.20. The molecule has 2 saturated heterocycles. The lowest BCUT2D eigenvalue weighted by Crippen LogP contribution is -2.49. The Morgan fingerprint density at radius 1 is 1.10 bits per heavy atom. The fourth-order valence-corrected chi connectivity index (χ4v) is 5.31. The number of ether oxygens (including phenoxy) is 1. The first-order valence-corrected chi connectivity index (χ1v) is 11.4. The van der Waals surface area contributed by atoms with Crippen LogP contribution in [0.4, 0.5) is 0 Å². The minimum absolute atomic E-state index is 0.0696. The molecule has 0 saturated carbocycles. The summed E-state index contributed by atoms with van der Waals surface area (Å²) >= 11 is 7.73. The highest BCUT2D eigenvalue weighted by atomic mass is 35.5. The second-order valence-corrected chi connectivity index (χ2v) is 9.15. The number of benzene rings is 2. The Labute approximate surface area is 184 Å². The topological polar surface area (TPSA) is 66.5 Å². The third-order valence-electron chi connectivity index (χ3n) is 5.77. The van der Waals surface area contributed by atoms with E-state index >= 15 is 0 Å². The number of halogens is 1. The van der Waals surface area contributed by atoms with Gasteiger partial charge in [-0.3, -0.25) is 4.79 Å². The van der Waals surface area contributed by atoms with Crippen LogP contribution in [0.1, 0.15) is 30.9 Å². The van der Waals surface area contributed by atoms with E-state index in [0.717, 1.165) is 29.5 Å². The predicted octanol–water partition coefficient (Wildman–Crippen LogP) is 3.93. The van der Waals surface area contributed by atoms with Crippen LogP contribution in [0.3, 0.4) is 0 Å². The lowest BCUT2D eigenvalue weighted by Gasteiger charge is -2.33. The number of hydrazine groups is 1. The molecule has 2 aromatic carbocycles. The molecule has 3 aromatic rings. The maximum atomic E-state index is 13.0. The van der Waals surface area contributed by atoms with Crippen LogP contribution in [0.25, 0.3) is 10.2 Å². The Morgan fingerprint density at radius 2 is 1.90 bits per heavy atom. The van der Waals surface area contributed by atoms with Gasteiger partial charge in [0, 0.05) is 32.0 Å². The van der Waals surface area contributed by atoms with Crippen molar-refractivity contribution < 1.29 is 9.53 Å². The van der Waals surface area contributed by atoms with Gasteiger partial charge in [0.25, 0.3) is 5.19 Å². The van der Waals surface area contributed by atoms with E-state index < -0.39 is 0 Å². The maximum Gasteiger partial charge on any atom is 0.274 e. The van der Waals surface area contributed by atoms with Crippen molar-refractivity contribution in [3.05, 3.63) is 59.1 Å². The molecule has 6 nitrogen and oxygen atoms in total. The Kier molecular flexibility index (Phi) is 5.60. The van der Waals surface area contributed by atoms with Crippen LogP contribution < -0.4 is 15.6 Å². The molecule has 3 heterocycles. The van der Waals surface area contributed by atoms with Gasteiger partial charge in [0.2, 0.25) is 5.91 Å². The van der Waals surface area contributed by atoms with Crippen LogP contribution in [0, 0.1) is 0 Å². The van der Waals surface area contributed by atoms with Crippen molar-refractivity contribution in [2.45, 2.75) is 37.5 Å². The Balaban J connectivity index is 1.15. The molecule has 30 heavy (non-hydrogen) atoms. The number of fused-ring (bicyclic) bond motifs is 1. The zero-order valence-corrected chi connectivity index (χ0v) is 18.0. The van der Waals surface area contributed by atoms with Crippen molar-refractivity contribution in [2.24, 2.45) is 0 Å². The molecule has 156 valence electrons. The number of piperidine rings is 1. The minimum atomic E-state index is -0.195. The Bertz CT molecular complexity index is 1040. The average Bonchev–Trinajstić information content (AvgIpc) is 3.42. The van der Waals surface area contributed by atoms with Crippen molar-refractivity contribution in [3.63, 3.8) is 0 Å². The van der Waals surface area contributed by atoms with Crippen LogP contribution in [-0.2, 0) is 4.79 Å². The third-order valence-corrected chi connectivity index (χ3v) is 6.99. The molecule has 2 unspecified atom stereocenters. The number of aromatic nitrogens is 1. The molecule has 2 fully saturated rings. The first kappa shape index (κ1) is 19.8. The number of likely N-dealkylation sites (tertiary alicyclic amines) is 1. The van der Waals surface area contributed by atoms with E-state index in [9.17, 15) is 4.79 Å². The van der Waals surface area contributed by atoms with Crippen LogP contribution in [0.2, 0.25) is 5.02 Å². The lowest BCUT2D eigenvalue weighted by molar-refractivity contribution is -0.135. The first-order chi connectivity index (χ1) is 14.7. The molecule has 1 aromatic heterocycles. The summed E-state index contributed by atoms with van der Waals surface area (Å²) in [5.74, 6) is 0.158. The summed E-state index contributed by atoms with van der Waals surface area (Å²) < 4.78 is 7.13. The first-order valence-electron chi connectivity index (χ1n) is 10.2. The number of thiazole rings is 1. The number of hydrogen-bond acceptors (Lipinski definition) is 6. The molecule has 0 bridgehead atoms. The van der Waals surface area contributed by atoms with Gasteiger partial charge >= 0.3 is 0 Å². The van der Waals surface area contributed by atoms with Gasteiger partial charge in [-0.1, -0.05) is 59.3 Å². The largest absolute Gasteiger partial charge is 0.467 e.